The Balaban J connectivity index is 1.29. The molecule has 40 heavy (non-hydrogen) atoms. The summed E-state index contributed by atoms with van der Waals surface area (Å²) in [6, 6.07) is 13.9. The van der Waals surface area contributed by atoms with E-state index in [2.05, 4.69) is 57.5 Å². The third kappa shape index (κ3) is 5.94. The Morgan fingerprint density at radius 2 is 1.98 bits per heavy atom. The van der Waals surface area contributed by atoms with Crippen LogP contribution in [0.4, 0.5) is 5.69 Å². The SMILES string of the molecule is C=Cc1nn(Cc2ccccc2)c(Cl)c1CCN(C)C1COc2ccc3c(c2N(C)C1=O)CCN(SN(C)C)C3. The average molecular weight is 581 g/mol. The molecule has 0 spiro atoms. The van der Waals surface area contributed by atoms with Crippen molar-refractivity contribution >= 4 is 41.4 Å². The molecule has 10 heteroatoms. The van der Waals surface area contributed by atoms with Crippen LogP contribution in [0.3, 0.4) is 0 Å². The number of hydrogen-bond acceptors (Lipinski definition) is 7. The molecule has 0 radical (unpaired) electrons. The molecule has 212 valence electrons. The van der Waals surface area contributed by atoms with Crippen molar-refractivity contribution in [2.24, 2.45) is 0 Å². The number of aromatic nitrogens is 2. The quantitative estimate of drug-likeness (QED) is 0.343. The number of amides is 1. The molecule has 0 bridgehead atoms. The maximum Gasteiger partial charge on any atom is 0.247 e. The monoisotopic (exact) mass is 580 g/mol. The van der Waals surface area contributed by atoms with E-state index in [1.165, 1.54) is 11.1 Å². The molecular weight excluding hydrogens is 544 g/mol. The molecule has 0 saturated carbocycles. The molecule has 8 nitrogen and oxygen atoms in total. The van der Waals surface area contributed by atoms with E-state index < -0.39 is 6.04 Å². The molecule has 0 aliphatic carbocycles. The standard InChI is InChI=1S/C30H37ClN6O2S/c1-6-25-24(29(31)37(32-25)18-21-10-8-7-9-11-21)14-16-34(4)26-20-39-27-13-12-22-19-36(40-33(2)3)17-15-23(22)28(27)35(5)30(26)38/h6-13,26H,1,14-20H2,2-5H3. The third-order valence-electron chi connectivity index (χ3n) is 7.56. The number of rotatable bonds is 9. The van der Waals surface area contributed by atoms with Crippen molar-refractivity contribution in [3.8, 4) is 5.75 Å². The number of likely N-dealkylation sites (N-methyl/N-ethyl adjacent to an activating group) is 2. The number of halogens is 1. The normalized spacial score (nSPS) is 17.5. The maximum atomic E-state index is 13.8. The van der Waals surface area contributed by atoms with Gasteiger partial charge in [-0.2, -0.15) is 5.10 Å². The molecule has 2 aliphatic rings. The zero-order valence-corrected chi connectivity index (χ0v) is 25.2. The van der Waals surface area contributed by atoms with E-state index in [4.69, 9.17) is 16.3 Å². The fraction of sp³-hybridized carbons (Fsp3) is 0.400. The van der Waals surface area contributed by atoms with Crippen LogP contribution < -0.4 is 9.64 Å². The molecule has 0 saturated heterocycles. The lowest BCUT2D eigenvalue weighted by molar-refractivity contribution is -0.123. The first-order valence-corrected chi connectivity index (χ1v) is 14.6. The first kappa shape index (κ1) is 28.7. The summed E-state index contributed by atoms with van der Waals surface area (Å²) < 4.78 is 12.5. The second-order valence-electron chi connectivity index (χ2n) is 10.5. The van der Waals surface area contributed by atoms with E-state index in [9.17, 15) is 4.79 Å². The second kappa shape index (κ2) is 12.4. The molecule has 1 aromatic heterocycles. The van der Waals surface area contributed by atoms with Crippen LogP contribution >= 0.6 is 23.7 Å². The Labute approximate surface area is 246 Å². The van der Waals surface area contributed by atoms with Crippen LogP contribution in [0.2, 0.25) is 5.15 Å². The molecule has 3 aromatic rings. The van der Waals surface area contributed by atoms with Gasteiger partial charge in [0, 0.05) is 44.4 Å². The van der Waals surface area contributed by atoms with Gasteiger partial charge in [-0.15, -0.1) is 0 Å². The summed E-state index contributed by atoms with van der Waals surface area (Å²) in [5.74, 6) is 0.813. The highest BCUT2D eigenvalue weighted by Crippen LogP contribution is 2.40. The zero-order valence-electron chi connectivity index (χ0n) is 23.6. The van der Waals surface area contributed by atoms with Crippen LogP contribution in [0.15, 0.2) is 49.0 Å². The lowest BCUT2D eigenvalue weighted by atomic mass is 9.97. The first-order chi connectivity index (χ1) is 19.3. The largest absolute Gasteiger partial charge is 0.489 e. The van der Waals surface area contributed by atoms with Gasteiger partial charge in [-0.3, -0.25) is 9.69 Å². The number of ether oxygens (including phenoxy) is 1. The Morgan fingerprint density at radius 1 is 1.20 bits per heavy atom. The van der Waals surface area contributed by atoms with E-state index >= 15 is 0 Å². The summed E-state index contributed by atoms with van der Waals surface area (Å²) in [4.78, 5) is 17.6. The zero-order chi connectivity index (χ0) is 28.4. The number of fused-ring (bicyclic) bond motifs is 3. The van der Waals surface area contributed by atoms with Gasteiger partial charge in [-0.05, 0) is 62.8 Å². The topological polar surface area (TPSA) is 57.1 Å². The van der Waals surface area contributed by atoms with Crippen molar-refractivity contribution in [3.05, 3.63) is 82.1 Å². The summed E-state index contributed by atoms with van der Waals surface area (Å²) in [5, 5.41) is 5.29. The van der Waals surface area contributed by atoms with E-state index in [1.807, 2.05) is 43.0 Å². The second-order valence-corrected chi connectivity index (χ2v) is 12.3. The maximum absolute atomic E-state index is 13.8. The number of anilines is 1. The summed E-state index contributed by atoms with van der Waals surface area (Å²) >= 11 is 8.52. The number of hydrogen-bond donors (Lipinski definition) is 0. The average Bonchev–Trinajstić information content (AvgIpc) is 3.17. The molecule has 1 unspecified atom stereocenters. The van der Waals surface area contributed by atoms with Crippen molar-refractivity contribution in [3.63, 3.8) is 0 Å². The van der Waals surface area contributed by atoms with Gasteiger partial charge in [0.15, 0.2) is 0 Å². The van der Waals surface area contributed by atoms with Crippen LogP contribution in [-0.4, -0.2) is 83.1 Å². The van der Waals surface area contributed by atoms with Crippen LogP contribution in [0, 0.1) is 0 Å². The van der Waals surface area contributed by atoms with Gasteiger partial charge in [0.1, 0.15) is 23.6 Å². The van der Waals surface area contributed by atoms with Gasteiger partial charge in [0.05, 0.1) is 17.9 Å². The van der Waals surface area contributed by atoms with Crippen molar-refractivity contribution in [1.29, 1.82) is 0 Å². The molecule has 2 aromatic carbocycles. The molecule has 0 fully saturated rings. The van der Waals surface area contributed by atoms with E-state index in [0.29, 0.717) is 31.3 Å². The highest BCUT2D eigenvalue weighted by Gasteiger charge is 2.35. The lowest BCUT2D eigenvalue weighted by Crippen LogP contribution is -2.48. The van der Waals surface area contributed by atoms with Crippen molar-refractivity contribution < 1.29 is 9.53 Å². The predicted octanol–water partition coefficient (Wildman–Crippen LogP) is 4.61. The Kier molecular flexibility index (Phi) is 8.87. The van der Waals surface area contributed by atoms with Crippen molar-refractivity contribution in [2.45, 2.75) is 32.0 Å². The van der Waals surface area contributed by atoms with Crippen LogP contribution in [0.1, 0.15) is 27.9 Å². The molecular formula is C30H37ClN6O2S. The molecule has 0 N–H and O–H groups in total. The van der Waals surface area contributed by atoms with Gasteiger partial charge in [0.25, 0.3) is 0 Å². The van der Waals surface area contributed by atoms with Gasteiger partial charge in [-0.25, -0.2) is 13.3 Å². The van der Waals surface area contributed by atoms with E-state index in [0.717, 1.165) is 47.8 Å². The number of nitrogens with zero attached hydrogens (tertiary/aromatic N) is 6. The minimum Gasteiger partial charge on any atom is -0.489 e. The van der Waals surface area contributed by atoms with Crippen LogP contribution in [0.25, 0.3) is 6.08 Å². The Hall–Kier alpha value is -2.82. The Morgan fingerprint density at radius 3 is 2.70 bits per heavy atom. The summed E-state index contributed by atoms with van der Waals surface area (Å²) in [5.41, 5.74) is 6.20. The molecule has 5 rings (SSSR count). The van der Waals surface area contributed by atoms with Crippen LogP contribution in [-0.2, 0) is 30.7 Å². The van der Waals surface area contributed by atoms with E-state index in [-0.39, 0.29) is 5.91 Å². The van der Waals surface area contributed by atoms with E-state index in [1.54, 1.807) is 23.1 Å². The number of benzene rings is 2. The minimum absolute atomic E-state index is 0.0366. The number of carbonyl (C=O) groups excluding carboxylic acids is 1. The third-order valence-corrected chi connectivity index (χ3v) is 8.85. The number of carbonyl (C=O) groups is 1. The highest BCUT2D eigenvalue weighted by molar-refractivity contribution is 7.94. The highest BCUT2D eigenvalue weighted by atomic mass is 35.5. The smallest absolute Gasteiger partial charge is 0.247 e. The van der Waals surface area contributed by atoms with Gasteiger partial charge in [0.2, 0.25) is 5.91 Å². The first-order valence-electron chi connectivity index (χ1n) is 13.5. The predicted molar refractivity (Wildman–Crippen MR) is 164 cm³/mol. The molecule has 1 amide bonds. The van der Waals surface area contributed by atoms with Crippen molar-refractivity contribution in [1.82, 2.24) is 23.3 Å². The van der Waals surface area contributed by atoms with Gasteiger partial charge < -0.3 is 9.64 Å². The summed E-state index contributed by atoms with van der Waals surface area (Å²) in [7, 11) is 7.95. The summed E-state index contributed by atoms with van der Waals surface area (Å²) in [6.07, 6.45) is 3.26. The fourth-order valence-electron chi connectivity index (χ4n) is 5.46. The Bertz CT molecular complexity index is 1380. The van der Waals surface area contributed by atoms with Crippen molar-refractivity contribution in [2.75, 3.05) is 52.8 Å². The molecule has 2 aliphatic heterocycles. The summed E-state index contributed by atoms with van der Waals surface area (Å²) in [6.45, 7) is 7.20. The fourth-order valence-corrected chi connectivity index (χ4v) is 6.58. The molecule has 1 atom stereocenters. The lowest BCUT2D eigenvalue weighted by Gasteiger charge is -2.32. The van der Waals surface area contributed by atoms with Crippen LogP contribution in [0.5, 0.6) is 5.75 Å². The van der Waals surface area contributed by atoms with Gasteiger partial charge >= 0.3 is 0 Å². The molecule has 3 heterocycles. The minimum atomic E-state index is -0.414. The van der Waals surface area contributed by atoms with Gasteiger partial charge in [-0.1, -0.05) is 54.6 Å².